The molecule has 1 aromatic rings. The second-order valence-electron chi connectivity index (χ2n) is 2.96. The number of hydrogen-bond acceptors (Lipinski definition) is 3. The normalized spacial score (nSPS) is 10.2. The smallest absolute Gasteiger partial charge is 0.543 e. The predicted octanol–water partition coefficient (Wildman–Crippen LogP) is -3.16. The summed E-state index contributed by atoms with van der Waals surface area (Å²) in [4.78, 5) is 20.8. The van der Waals surface area contributed by atoms with Crippen LogP contribution in [-0.2, 0) is 9.59 Å². The Morgan fingerprint density at radius 1 is 1.38 bits per heavy atom. The van der Waals surface area contributed by atoms with Crippen molar-refractivity contribution < 1.29 is 72.9 Å². The van der Waals surface area contributed by atoms with Crippen molar-refractivity contribution in [3.05, 3.63) is 41.1 Å². The molecule has 1 amide bonds. The van der Waals surface area contributed by atoms with E-state index in [0.29, 0.717) is 6.41 Å². The summed E-state index contributed by atoms with van der Waals surface area (Å²) in [5, 5.41) is 12.7. The molecule has 0 fully saturated rings. The summed E-state index contributed by atoms with van der Waals surface area (Å²) in [6, 6.07) is 7.23. The standard InChI is InChI=1S/C11H11NO3.Rb/c1-8-4-2-3-5-9(8)6-10(11(14)15)12-7-13;/h2-7H,1H3,(H,12,13)(H,14,15);/q;+1/p-1/b10-6-;. The number of carbonyl (C=O) groups is 2. The van der Waals surface area contributed by atoms with Gasteiger partial charge in [-0.15, -0.1) is 0 Å². The van der Waals surface area contributed by atoms with Gasteiger partial charge < -0.3 is 15.2 Å². The third kappa shape index (κ3) is 4.70. The number of carboxylic acid groups (broad SMARTS) is 1. The first-order valence-corrected chi connectivity index (χ1v) is 4.34. The maximum absolute atomic E-state index is 10.6. The summed E-state index contributed by atoms with van der Waals surface area (Å²) in [5.74, 6) is -1.41. The topological polar surface area (TPSA) is 69.2 Å². The molecule has 1 rings (SSSR count). The van der Waals surface area contributed by atoms with Crippen LogP contribution in [0.4, 0.5) is 0 Å². The molecule has 4 nitrogen and oxygen atoms in total. The first-order chi connectivity index (χ1) is 7.15. The van der Waals surface area contributed by atoms with Crippen LogP contribution in [0.1, 0.15) is 11.1 Å². The van der Waals surface area contributed by atoms with Crippen LogP contribution in [0.2, 0.25) is 0 Å². The van der Waals surface area contributed by atoms with Gasteiger partial charge in [0.2, 0.25) is 6.41 Å². The Labute approximate surface area is 143 Å². The second kappa shape index (κ2) is 7.89. The van der Waals surface area contributed by atoms with Crippen molar-refractivity contribution in [1.82, 2.24) is 5.32 Å². The Kier molecular flexibility index (Phi) is 7.75. The van der Waals surface area contributed by atoms with E-state index < -0.39 is 5.97 Å². The van der Waals surface area contributed by atoms with Crippen LogP contribution in [0.25, 0.3) is 6.08 Å². The van der Waals surface area contributed by atoms with Gasteiger partial charge in [-0.1, -0.05) is 24.3 Å². The van der Waals surface area contributed by atoms with Crippen molar-refractivity contribution in [2.24, 2.45) is 0 Å². The van der Waals surface area contributed by atoms with Gasteiger partial charge in [-0.05, 0) is 24.1 Å². The number of aliphatic carboxylic acids is 1. The van der Waals surface area contributed by atoms with Crippen molar-refractivity contribution in [1.29, 1.82) is 0 Å². The van der Waals surface area contributed by atoms with Crippen molar-refractivity contribution >= 4 is 18.5 Å². The Balaban J connectivity index is 0.00000225. The summed E-state index contributed by atoms with van der Waals surface area (Å²) < 4.78 is 0. The molecule has 0 saturated heterocycles. The van der Waals surface area contributed by atoms with Crippen LogP contribution < -0.4 is 68.6 Å². The third-order valence-corrected chi connectivity index (χ3v) is 1.92. The van der Waals surface area contributed by atoms with E-state index in [-0.39, 0.29) is 63.9 Å². The molecule has 16 heavy (non-hydrogen) atoms. The number of nitrogens with one attached hydrogen (secondary N) is 1. The number of hydrogen-bond donors (Lipinski definition) is 1. The third-order valence-electron chi connectivity index (χ3n) is 1.92. The van der Waals surface area contributed by atoms with Gasteiger partial charge in [0.15, 0.2) is 0 Å². The fourth-order valence-electron chi connectivity index (χ4n) is 1.13. The second-order valence-corrected chi connectivity index (χ2v) is 2.96. The molecular formula is C11H10NO3Rb. The van der Waals surface area contributed by atoms with E-state index >= 15 is 0 Å². The van der Waals surface area contributed by atoms with Crippen LogP contribution in [0.15, 0.2) is 30.0 Å². The molecule has 1 N–H and O–H groups in total. The number of rotatable bonds is 4. The van der Waals surface area contributed by atoms with Gasteiger partial charge >= 0.3 is 58.2 Å². The van der Waals surface area contributed by atoms with E-state index in [4.69, 9.17) is 0 Å². The van der Waals surface area contributed by atoms with Gasteiger partial charge in [0.1, 0.15) is 0 Å². The van der Waals surface area contributed by atoms with Crippen LogP contribution in [0, 0.1) is 6.92 Å². The SMILES string of the molecule is Cc1ccccc1/C=C(\NC=O)C(=O)[O-].[Rb+]. The summed E-state index contributed by atoms with van der Waals surface area (Å²) in [5.41, 5.74) is 1.40. The van der Waals surface area contributed by atoms with E-state index in [0.717, 1.165) is 11.1 Å². The number of benzene rings is 1. The molecular weight excluding hydrogens is 280 g/mol. The Morgan fingerprint density at radius 3 is 2.50 bits per heavy atom. The first-order valence-electron chi connectivity index (χ1n) is 4.34. The van der Waals surface area contributed by atoms with Gasteiger partial charge in [0.25, 0.3) is 0 Å². The molecule has 0 aliphatic rings. The van der Waals surface area contributed by atoms with Crippen LogP contribution in [-0.4, -0.2) is 12.4 Å². The average Bonchev–Trinajstić information content (AvgIpc) is 2.20. The number of carbonyl (C=O) groups excluding carboxylic acids is 2. The minimum Gasteiger partial charge on any atom is -0.543 e. The molecule has 0 heterocycles. The summed E-state index contributed by atoms with van der Waals surface area (Å²) in [6.45, 7) is 1.85. The molecule has 0 spiro atoms. The molecule has 0 atom stereocenters. The molecule has 0 aromatic heterocycles. The number of amides is 1. The van der Waals surface area contributed by atoms with E-state index in [9.17, 15) is 14.7 Å². The summed E-state index contributed by atoms with van der Waals surface area (Å²) in [7, 11) is 0. The van der Waals surface area contributed by atoms with Crippen LogP contribution in [0.3, 0.4) is 0 Å². The van der Waals surface area contributed by atoms with Gasteiger partial charge in [-0.2, -0.15) is 0 Å². The van der Waals surface area contributed by atoms with E-state index in [1.807, 2.05) is 19.1 Å². The maximum Gasteiger partial charge on any atom is 1.00 e. The minimum absolute atomic E-state index is 0. The van der Waals surface area contributed by atoms with Gasteiger partial charge in [0.05, 0.1) is 11.7 Å². The van der Waals surface area contributed by atoms with E-state index in [2.05, 4.69) is 5.32 Å². The fourth-order valence-corrected chi connectivity index (χ4v) is 1.13. The van der Waals surface area contributed by atoms with Crippen molar-refractivity contribution in [2.75, 3.05) is 0 Å². The summed E-state index contributed by atoms with van der Waals surface area (Å²) >= 11 is 0. The van der Waals surface area contributed by atoms with E-state index in [1.165, 1.54) is 6.08 Å². The van der Waals surface area contributed by atoms with Gasteiger partial charge in [0, 0.05) is 0 Å². The molecule has 0 bridgehead atoms. The minimum atomic E-state index is -1.41. The monoisotopic (exact) mass is 289 g/mol. The van der Waals surface area contributed by atoms with Crippen molar-refractivity contribution in [2.45, 2.75) is 6.92 Å². The van der Waals surface area contributed by atoms with Gasteiger partial charge in [-0.3, -0.25) is 4.79 Å². The van der Waals surface area contributed by atoms with Crippen molar-refractivity contribution in [3.63, 3.8) is 0 Å². The van der Waals surface area contributed by atoms with Crippen LogP contribution in [0.5, 0.6) is 0 Å². The Hall–Kier alpha value is -0.295. The zero-order valence-corrected chi connectivity index (χ0v) is 14.1. The fraction of sp³-hybridized carbons (Fsp3) is 0.0909. The molecule has 0 saturated carbocycles. The molecule has 5 heteroatoms. The Morgan fingerprint density at radius 2 is 2.00 bits per heavy atom. The maximum atomic E-state index is 10.6. The Bertz CT molecular complexity index is 415. The largest absolute Gasteiger partial charge is 1.00 e. The summed E-state index contributed by atoms with van der Waals surface area (Å²) in [6.07, 6.45) is 1.67. The average molecular weight is 290 g/mol. The molecule has 0 aliphatic carbocycles. The first kappa shape index (κ1) is 15.7. The molecule has 1 aromatic carbocycles. The van der Waals surface area contributed by atoms with Crippen molar-refractivity contribution in [3.8, 4) is 0 Å². The molecule has 0 unspecified atom stereocenters. The predicted molar refractivity (Wildman–Crippen MR) is 53.4 cm³/mol. The quantitative estimate of drug-likeness (QED) is 0.470. The van der Waals surface area contributed by atoms with Crippen LogP contribution >= 0.6 is 0 Å². The number of aryl methyl sites for hydroxylation is 1. The zero-order chi connectivity index (χ0) is 11.3. The number of carboxylic acids is 1. The van der Waals surface area contributed by atoms with Gasteiger partial charge in [-0.25, -0.2) is 0 Å². The molecule has 0 aliphatic heterocycles. The van der Waals surface area contributed by atoms with E-state index in [1.54, 1.807) is 12.1 Å². The molecule has 78 valence electrons. The molecule has 0 radical (unpaired) electrons. The zero-order valence-electron chi connectivity index (χ0n) is 9.19.